The molecule has 0 aliphatic rings. The highest BCUT2D eigenvalue weighted by molar-refractivity contribution is 7.25. The minimum absolute atomic E-state index is 1.26. The predicted octanol–water partition coefficient (Wildman–Crippen LogP) is 10.3. The zero-order chi connectivity index (χ0) is 22.5. The molecule has 7 aromatic rings. The summed E-state index contributed by atoms with van der Waals surface area (Å²) in [6.45, 7) is 0. The van der Waals surface area contributed by atoms with Crippen molar-refractivity contribution >= 4 is 63.0 Å². The van der Waals surface area contributed by atoms with Gasteiger partial charge in [0.25, 0.3) is 0 Å². The molecule has 0 radical (unpaired) electrons. The summed E-state index contributed by atoms with van der Waals surface area (Å²) in [5.41, 5.74) is 5.16. The van der Waals surface area contributed by atoms with Gasteiger partial charge in [-0.15, -0.1) is 0 Å². The smallest absolute Gasteiger partial charge is 0.0612 e. The van der Waals surface area contributed by atoms with E-state index in [1.165, 1.54) is 62.6 Å². The molecular weight excluding hydrogens is 448 g/mol. The molecule has 2 heterocycles. The minimum Gasteiger partial charge on any atom is -0.0612 e. The molecule has 0 bridgehead atoms. The lowest BCUT2D eigenvalue weighted by atomic mass is 9.93. The maximum Gasteiger partial charge on any atom is 0.239 e. The molecule has 0 amide bonds. The van der Waals surface area contributed by atoms with Gasteiger partial charge >= 0.3 is 0 Å². The zero-order valence-corrected chi connectivity index (χ0v) is 20.0. The summed E-state index contributed by atoms with van der Waals surface area (Å²) in [7, 11) is 0. The van der Waals surface area contributed by atoms with E-state index in [2.05, 4.69) is 121 Å². The summed E-state index contributed by atoms with van der Waals surface area (Å²) in [5, 5.41) is 5.25. The highest BCUT2D eigenvalue weighted by Crippen LogP contribution is 2.43. The highest BCUT2D eigenvalue weighted by atomic mass is 32.1. The van der Waals surface area contributed by atoms with Crippen molar-refractivity contribution in [3.05, 3.63) is 121 Å². The molecule has 2 aromatic heterocycles. The highest BCUT2D eigenvalue weighted by Gasteiger charge is 2.21. The SMILES string of the molecule is c1cc(-c2c3ccccc3[s+]c3ccccc23)cc(-c2c3ccccc3[s+]c3ccccc23)c1. The van der Waals surface area contributed by atoms with Gasteiger partial charge in [0.1, 0.15) is 0 Å². The standard InChI is InChI=1S/C32H20S2/c1-5-16-27-23(12-1)31(24-13-2-6-17-28(24)33-27)21-10-9-11-22(20-21)32-25-14-3-7-18-29(25)34-30-19-8-4-15-26(30)32/h1-20H/q+2. The molecule has 0 spiro atoms. The van der Waals surface area contributed by atoms with Crippen LogP contribution in [0.15, 0.2) is 121 Å². The van der Waals surface area contributed by atoms with E-state index in [1.807, 2.05) is 22.7 Å². The van der Waals surface area contributed by atoms with Gasteiger partial charge in [-0.3, -0.25) is 0 Å². The first-order valence-corrected chi connectivity index (χ1v) is 13.1. The maximum atomic E-state index is 2.39. The van der Waals surface area contributed by atoms with Crippen LogP contribution in [0.1, 0.15) is 0 Å². The van der Waals surface area contributed by atoms with Gasteiger partial charge < -0.3 is 0 Å². The summed E-state index contributed by atoms with van der Waals surface area (Å²) in [4.78, 5) is 0. The van der Waals surface area contributed by atoms with E-state index < -0.39 is 0 Å². The van der Waals surface area contributed by atoms with Gasteiger partial charge in [0, 0.05) is 56.9 Å². The van der Waals surface area contributed by atoms with Crippen LogP contribution < -0.4 is 0 Å². The van der Waals surface area contributed by atoms with Crippen LogP contribution >= 0.6 is 22.7 Å². The van der Waals surface area contributed by atoms with Crippen molar-refractivity contribution < 1.29 is 0 Å². The van der Waals surface area contributed by atoms with E-state index in [-0.39, 0.29) is 0 Å². The third-order valence-corrected chi connectivity index (χ3v) is 8.81. The van der Waals surface area contributed by atoms with E-state index in [0.717, 1.165) is 0 Å². The Morgan fingerprint density at radius 2 is 0.647 bits per heavy atom. The van der Waals surface area contributed by atoms with Crippen LogP contribution in [0.2, 0.25) is 0 Å². The fraction of sp³-hybridized carbons (Fsp3) is 0. The molecule has 2 heteroatoms. The van der Waals surface area contributed by atoms with Crippen molar-refractivity contribution in [2.75, 3.05) is 0 Å². The Hall–Kier alpha value is -3.72. The Kier molecular flexibility index (Phi) is 4.61. The summed E-state index contributed by atoms with van der Waals surface area (Å²) < 4.78 is 5.27. The average Bonchev–Trinajstić information content (AvgIpc) is 2.90. The molecule has 7 rings (SSSR count). The molecule has 5 aromatic carbocycles. The van der Waals surface area contributed by atoms with Crippen molar-refractivity contribution in [3.8, 4) is 22.3 Å². The van der Waals surface area contributed by atoms with Crippen LogP contribution in [0, 0.1) is 0 Å². The average molecular weight is 469 g/mol. The Morgan fingerprint density at radius 3 is 1.00 bits per heavy atom. The van der Waals surface area contributed by atoms with Crippen LogP contribution in [0.3, 0.4) is 0 Å². The summed E-state index contributed by atoms with van der Waals surface area (Å²) in [5.74, 6) is 0. The Morgan fingerprint density at radius 1 is 0.324 bits per heavy atom. The first-order chi connectivity index (χ1) is 16.9. The summed E-state index contributed by atoms with van der Waals surface area (Å²) >= 11 is 3.73. The predicted molar refractivity (Wildman–Crippen MR) is 152 cm³/mol. The number of hydrogen-bond acceptors (Lipinski definition) is 0. The lowest BCUT2D eigenvalue weighted by Crippen LogP contribution is -1.87. The normalized spacial score (nSPS) is 11.5. The summed E-state index contributed by atoms with van der Waals surface area (Å²) in [6.07, 6.45) is 0. The van der Waals surface area contributed by atoms with Gasteiger partial charge in [-0.1, -0.05) is 66.7 Å². The van der Waals surface area contributed by atoms with Crippen molar-refractivity contribution in [1.29, 1.82) is 0 Å². The molecule has 34 heavy (non-hydrogen) atoms. The van der Waals surface area contributed by atoms with Gasteiger partial charge in [-0.2, -0.15) is 0 Å². The molecule has 0 aliphatic carbocycles. The van der Waals surface area contributed by atoms with E-state index in [0.29, 0.717) is 0 Å². The van der Waals surface area contributed by atoms with Gasteiger partial charge in [-0.05, 0) is 41.5 Å². The number of benzene rings is 5. The first-order valence-electron chi connectivity index (χ1n) is 11.4. The van der Waals surface area contributed by atoms with Gasteiger partial charge in [0.15, 0.2) is 0 Å². The first kappa shape index (κ1) is 19.7. The Balaban J connectivity index is 1.58. The van der Waals surface area contributed by atoms with Crippen LogP contribution in [-0.4, -0.2) is 0 Å². The number of fused-ring (bicyclic) bond motifs is 4. The molecule has 0 atom stereocenters. The minimum atomic E-state index is 1.26. The number of hydrogen-bond donors (Lipinski definition) is 0. The van der Waals surface area contributed by atoms with Gasteiger partial charge in [0.2, 0.25) is 41.5 Å². The lowest BCUT2D eigenvalue weighted by molar-refractivity contribution is 1.66. The summed E-state index contributed by atoms with van der Waals surface area (Å²) in [6, 6.07) is 44.2. The second kappa shape index (κ2) is 7.95. The van der Waals surface area contributed by atoms with Crippen molar-refractivity contribution in [3.63, 3.8) is 0 Å². The van der Waals surface area contributed by atoms with Crippen molar-refractivity contribution in [2.24, 2.45) is 0 Å². The molecule has 0 saturated carbocycles. The van der Waals surface area contributed by atoms with Crippen molar-refractivity contribution in [2.45, 2.75) is 0 Å². The van der Waals surface area contributed by atoms with E-state index in [4.69, 9.17) is 0 Å². The lowest BCUT2D eigenvalue weighted by Gasteiger charge is -2.11. The van der Waals surface area contributed by atoms with Gasteiger partial charge in [-0.25, -0.2) is 0 Å². The fourth-order valence-corrected chi connectivity index (χ4v) is 7.21. The second-order valence-electron chi connectivity index (χ2n) is 8.52. The number of rotatable bonds is 2. The monoisotopic (exact) mass is 468 g/mol. The Bertz CT molecular complexity index is 1630. The van der Waals surface area contributed by atoms with Crippen LogP contribution in [-0.2, 0) is 0 Å². The van der Waals surface area contributed by atoms with E-state index >= 15 is 0 Å². The quantitative estimate of drug-likeness (QED) is 0.175. The molecule has 0 N–H and O–H groups in total. The third kappa shape index (κ3) is 3.11. The molecular formula is C32H20S2+2. The molecule has 0 fully saturated rings. The maximum absolute atomic E-state index is 2.39. The third-order valence-electron chi connectivity index (χ3n) is 6.51. The molecule has 158 valence electrons. The molecule has 0 saturated heterocycles. The molecule has 0 unspecified atom stereocenters. The largest absolute Gasteiger partial charge is 0.239 e. The van der Waals surface area contributed by atoms with Crippen LogP contribution in [0.4, 0.5) is 0 Å². The topological polar surface area (TPSA) is 0 Å². The van der Waals surface area contributed by atoms with Gasteiger partial charge in [0.05, 0.1) is 0 Å². The Labute approximate surface area is 206 Å². The fourth-order valence-electron chi connectivity index (χ4n) is 5.03. The zero-order valence-electron chi connectivity index (χ0n) is 18.4. The van der Waals surface area contributed by atoms with Crippen molar-refractivity contribution in [1.82, 2.24) is 0 Å². The molecule has 0 nitrogen and oxygen atoms in total. The van der Waals surface area contributed by atoms with Crippen LogP contribution in [0.5, 0.6) is 0 Å². The van der Waals surface area contributed by atoms with E-state index in [9.17, 15) is 0 Å². The van der Waals surface area contributed by atoms with E-state index in [1.54, 1.807) is 0 Å². The van der Waals surface area contributed by atoms with Crippen LogP contribution in [0.25, 0.3) is 62.6 Å². The second-order valence-corrected chi connectivity index (χ2v) is 10.7. The molecule has 0 aliphatic heterocycles.